The predicted molar refractivity (Wildman–Crippen MR) is 80.3 cm³/mol. The van der Waals surface area contributed by atoms with E-state index < -0.39 is 17.7 Å². The van der Waals surface area contributed by atoms with Crippen molar-refractivity contribution in [1.29, 1.82) is 0 Å². The quantitative estimate of drug-likeness (QED) is 0.833. The molecular formula is C17H18F3NO2. The fourth-order valence-corrected chi connectivity index (χ4v) is 2.36. The Morgan fingerprint density at radius 1 is 1.22 bits per heavy atom. The van der Waals surface area contributed by atoms with Crippen LogP contribution in [0.3, 0.4) is 0 Å². The molecule has 23 heavy (non-hydrogen) atoms. The number of carbonyl (C=O) groups is 1. The van der Waals surface area contributed by atoms with Crippen molar-refractivity contribution < 1.29 is 22.7 Å². The van der Waals surface area contributed by atoms with Gasteiger partial charge < -0.3 is 9.72 Å². The van der Waals surface area contributed by atoms with Crippen LogP contribution in [-0.2, 0) is 23.8 Å². The minimum absolute atomic E-state index is 0.288. The molecule has 0 spiro atoms. The maximum Gasteiger partial charge on any atom is 0.416 e. The molecule has 2 rings (SSSR count). The van der Waals surface area contributed by atoms with Gasteiger partial charge in [-0.15, -0.1) is 0 Å². The van der Waals surface area contributed by atoms with Gasteiger partial charge in [0.15, 0.2) is 0 Å². The third kappa shape index (κ3) is 4.37. The lowest BCUT2D eigenvalue weighted by Gasteiger charge is -2.08. The van der Waals surface area contributed by atoms with Crippen LogP contribution in [0.1, 0.15) is 39.8 Å². The van der Waals surface area contributed by atoms with E-state index in [-0.39, 0.29) is 6.61 Å². The first kappa shape index (κ1) is 17.1. The molecule has 0 saturated carbocycles. The zero-order valence-electron chi connectivity index (χ0n) is 13.0. The van der Waals surface area contributed by atoms with Crippen molar-refractivity contribution in [3.8, 4) is 0 Å². The summed E-state index contributed by atoms with van der Waals surface area (Å²) in [5.41, 5.74) is 2.04. The van der Waals surface area contributed by atoms with Crippen LogP contribution in [0.15, 0.2) is 30.3 Å². The number of aromatic amines is 1. The average Bonchev–Trinajstić information content (AvgIpc) is 2.86. The summed E-state index contributed by atoms with van der Waals surface area (Å²) in [5.74, 6) is -0.430. The van der Waals surface area contributed by atoms with E-state index in [1.165, 1.54) is 6.07 Å². The molecule has 0 bridgehead atoms. The third-order valence-corrected chi connectivity index (χ3v) is 3.56. The van der Waals surface area contributed by atoms with Crippen LogP contribution in [0.25, 0.3) is 0 Å². The van der Waals surface area contributed by atoms with Crippen LogP contribution in [0, 0.1) is 6.92 Å². The molecule has 0 atom stereocenters. The zero-order chi connectivity index (χ0) is 17.0. The summed E-state index contributed by atoms with van der Waals surface area (Å²) in [4.78, 5) is 14.6. The van der Waals surface area contributed by atoms with Gasteiger partial charge in [0.2, 0.25) is 0 Å². The molecule has 0 unspecified atom stereocenters. The number of aryl methyl sites for hydroxylation is 3. The van der Waals surface area contributed by atoms with E-state index in [4.69, 9.17) is 4.74 Å². The van der Waals surface area contributed by atoms with Gasteiger partial charge in [-0.2, -0.15) is 13.2 Å². The number of halogens is 3. The van der Waals surface area contributed by atoms with E-state index in [0.29, 0.717) is 24.1 Å². The van der Waals surface area contributed by atoms with Crippen LogP contribution in [0.4, 0.5) is 13.2 Å². The van der Waals surface area contributed by atoms with E-state index in [2.05, 4.69) is 4.98 Å². The number of hydrogen-bond donors (Lipinski definition) is 1. The lowest BCUT2D eigenvalue weighted by molar-refractivity contribution is -0.137. The number of aromatic nitrogens is 1. The van der Waals surface area contributed by atoms with Crippen LogP contribution < -0.4 is 0 Å². The molecule has 6 heteroatoms. The van der Waals surface area contributed by atoms with E-state index in [9.17, 15) is 18.0 Å². The van der Waals surface area contributed by atoms with Gasteiger partial charge in [0.05, 0.1) is 12.2 Å². The lowest BCUT2D eigenvalue weighted by atomic mass is 10.0. The minimum atomic E-state index is -4.34. The van der Waals surface area contributed by atoms with E-state index >= 15 is 0 Å². The Bertz CT molecular complexity index is 689. The van der Waals surface area contributed by atoms with Crippen LogP contribution >= 0.6 is 0 Å². The minimum Gasteiger partial charge on any atom is -0.461 e. The van der Waals surface area contributed by atoms with Gasteiger partial charge in [0, 0.05) is 5.69 Å². The fourth-order valence-electron chi connectivity index (χ4n) is 2.36. The molecule has 3 nitrogen and oxygen atoms in total. The monoisotopic (exact) mass is 325 g/mol. The van der Waals surface area contributed by atoms with Crippen molar-refractivity contribution in [2.24, 2.45) is 0 Å². The van der Waals surface area contributed by atoms with E-state index in [1.54, 1.807) is 19.1 Å². The first-order valence-electron chi connectivity index (χ1n) is 7.33. The van der Waals surface area contributed by atoms with Crippen molar-refractivity contribution in [1.82, 2.24) is 4.98 Å². The Labute approximate surface area is 132 Å². The Balaban J connectivity index is 2.08. The van der Waals surface area contributed by atoms with E-state index in [1.807, 2.05) is 6.92 Å². The number of H-pyrrole nitrogens is 1. The first-order chi connectivity index (χ1) is 10.8. The number of esters is 1. The van der Waals surface area contributed by atoms with Crippen LogP contribution in [-0.4, -0.2) is 17.6 Å². The van der Waals surface area contributed by atoms with Crippen molar-refractivity contribution in [3.05, 3.63) is 58.4 Å². The highest BCUT2D eigenvalue weighted by molar-refractivity contribution is 5.87. The second-order valence-corrected chi connectivity index (χ2v) is 5.25. The zero-order valence-corrected chi connectivity index (χ0v) is 13.0. The van der Waals surface area contributed by atoms with E-state index in [0.717, 1.165) is 23.4 Å². The molecular weight excluding hydrogens is 307 g/mol. The maximum absolute atomic E-state index is 12.7. The van der Waals surface area contributed by atoms with Gasteiger partial charge in [-0.05, 0) is 49.9 Å². The van der Waals surface area contributed by atoms with Crippen molar-refractivity contribution in [2.75, 3.05) is 6.61 Å². The molecule has 124 valence electrons. The molecule has 2 aromatic rings. The smallest absolute Gasteiger partial charge is 0.416 e. The number of nitrogens with one attached hydrogen (secondary N) is 1. The van der Waals surface area contributed by atoms with Gasteiger partial charge in [-0.1, -0.05) is 18.2 Å². The summed E-state index contributed by atoms with van der Waals surface area (Å²) in [5, 5.41) is 0. The highest BCUT2D eigenvalue weighted by Crippen LogP contribution is 2.29. The molecule has 1 N–H and O–H groups in total. The molecule has 0 aliphatic rings. The number of ether oxygens (including phenoxy) is 1. The Morgan fingerprint density at radius 3 is 2.61 bits per heavy atom. The topological polar surface area (TPSA) is 42.1 Å². The molecule has 1 heterocycles. The van der Waals surface area contributed by atoms with Gasteiger partial charge >= 0.3 is 12.1 Å². The molecule has 0 aliphatic heterocycles. The van der Waals surface area contributed by atoms with Gasteiger partial charge in [0.1, 0.15) is 5.69 Å². The average molecular weight is 325 g/mol. The van der Waals surface area contributed by atoms with Crippen LogP contribution in [0.5, 0.6) is 0 Å². The predicted octanol–water partition coefficient (Wildman–Crippen LogP) is 4.30. The third-order valence-electron chi connectivity index (χ3n) is 3.56. The summed E-state index contributed by atoms with van der Waals surface area (Å²) < 4.78 is 43.0. The highest BCUT2D eigenvalue weighted by atomic mass is 19.4. The van der Waals surface area contributed by atoms with Gasteiger partial charge in [-0.25, -0.2) is 4.79 Å². The number of hydrogen-bond acceptors (Lipinski definition) is 2. The standard InChI is InChI=1S/C17H18F3NO2/c1-3-23-16(22)15-10-13(11(2)21-15)8-7-12-5-4-6-14(9-12)17(18,19)20/h4-6,9-10,21H,3,7-8H2,1-2H3. The summed E-state index contributed by atoms with van der Waals surface area (Å²) in [6.45, 7) is 3.84. The Morgan fingerprint density at radius 2 is 1.96 bits per heavy atom. The van der Waals surface area contributed by atoms with Gasteiger partial charge in [-0.3, -0.25) is 0 Å². The molecule has 0 aliphatic carbocycles. The molecule has 1 aromatic carbocycles. The Kier molecular flexibility index (Phi) is 5.13. The molecule has 1 aromatic heterocycles. The van der Waals surface area contributed by atoms with Crippen molar-refractivity contribution >= 4 is 5.97 Å². The molecule has 0 fully saturated rings. The SMILES string of the molecule is CCOC(=O)c1cc(CCc2cccc(C(F)(F)F)c2)c(C)[nH]1. The maximum atomic E-state index is 12.7. The largest absolute Gasteiger partial charge is 0.461 e. The molecule has 0 amide bonds. The summed E-state index contributed by atoms with van der Waals surface area (Å²) in [6, 6.07) is 6.99. The van der Waals surface area contributed by atoms with Gasteiger partial charge in [0.25, 0.3) is 0 Å². The number of rotatable bonds is 5. The summed E-state index contributed by atoms with van der Waals surface area (Å²) in [7, 11) is 0. The second kappa shape index (κ2) is 6.89. The first-order valence-corrected chi connectivity index (χ1v) is 7.33. The van der Waals surface area contributed by atoms with Crippen molar-refractivity contribution in [2.45, 2.75) is 32.9 Å². The molecule has 0 saturated heterocycles. The Hall–Kier alpha value is -2.24. The molecule has 0 radical (unpaired) electrons. The fraction of sp³-hybridized carbons (Fsp3) is 0.353. The normalized spacial score (nSPS) is 11.5. The summed E-state index contributed by atoms with van der Waals surface area (Å²) in [6.07, 6.45) is -3.33. The second-order valence-electron chi connectivity index (χ2n) is 5.25. The number of carbonyl (C=O) groups excluding carboxylic acids is 1. The lowest BCUT2D eigenvalue weighted by Crippen LogP contribution is -2.05. The summed E-state index contributed by atoms with van der Waals surface area (Å²) >= 11 is 0. The van der Waals surface area contributed by atoms with Crippen LogP contribution in [0.2, 0.25) is 0 Å². The van der Waals surface area contributed by atoms with Crippen molar-refractivity contribution in [3.63, 3.8) is 0 Å². The number of alkyl halides is 3. The highest BCUT2D eigenvalue weighted by Gasteiger charge is 2.30. The number of benzene rings is 1.